The zero-order valence-electron chi connectivity index (χ0n) is 11.6. The third-order valence-corrected chi connectivity index (χ3v) is 3.38. The second-order valence-corrected chi connectivity index (χ2v) is 6.13. The number of carboxylic acid groups (broad SMARTS) is 1. The van der Waals surface area contributed by atoms with Crippen LogP contribution in [0.25, 0.3) is 0 Å². The van der Waals surface area contributed by atoms with E-state index >= 15 is 0 Å². The molecule has 3 nitrogen and oxygen atoms in total. The van der Waals surface area contributed by atoms with Crippen molar-refractivity contribution in [2.24, 2.45) is 5.92 Å². The molecule has 0 saturated heterocycles. The number of halogens is 4. The molecule has 0 radical (unpaired) electrons. The van der Waals surface area contributed by atoms with Crippen molar-refractivity contribution < 1.29 is 23.1 Å². The number of hydrogen-bond acceptors (Lipinski definition) is 2. The van der Waals surface area contributed by atoms with Crippen molar-refractivity contribution in [3.05, 3.63) is 34.3 Å². The highest BCUT2D eigenvalue weighted by Crippen LogP contribution is 2.34. The SMILES string of the molecule is CC(C)CC(N[C@@H](c1cccc(Br)c1)C(F)(F)F)C(=O)O. The molecule has 1 unspecified atom stereocenters. The molecule has 0 saturated carbocycles. The molecule has 2 atom stereocenters. The van der Waals surface area contributed by atoms with E-state index in [1.165, 1.54) is 18.2 Å². The van der Waals surface area contributed by atoms with Crippen LogP contribution >= 0.6 is 15.9 Å². The number of carboxylic acids is 1. The fourth-order valence-corrected chi connectivity index (χ4v) is 2.40. The lowest BCUT2D eigenvalue weighted by molar-refractivity contribution is -0.163. The van der Waals surface area contributed by atoms with Crippen molar-refractivity contribution in [2.75, 3.05) is 0 Å². The second kappa shape index (κ2) is 7.26. The minimum Gasteiger partial charge on any atom is -0.480 e. The monoisotopic (exact) mass is 367 g/mol. The summed E-state index contributed by atoms with van der Waals surface area (Å²) in [5, 5.41) is 11.3. The van der Waals surface area contributed by atoms with Gasteiger partial charge in [0.1, 0.15) is 12.1 Å². The van der Waals surface area contributed by atoms with E-state index in [0.717, 1.165) is 0 Å². The first-order valence-electron chi connectivity index (χ1n) is 6.42. The Morgan fingerprint density at radius 3 is 2.43 bits per heavy atom. The number of benzene rings is 1. The van der Waals surface area contributed by atoms with Gasteiger partial charge in [0.15, 0.2) is 0 Å². The number of carbonyl (C=O) groups is 1. The van der Waals surface area contributed by atoms with Gasteiger partial charge in [-0.25, -0.2) is 0 Å². The lowest BCUT2D eigenvalue weighted by Crippen LogP contribution is -2.45. The maximum Gasteiger partial charge on any atom is 0.407 e. The first-order valence-corrected chi connectivity index (χ1v) is 7.21. The topological polar surface area (TPSA) is 49.3 Å². The van der Waals surface area contributed by atoms with Crippen LogP contribution in [0.4, 0.5) is 13.2 Å². The average Bonchev–Trinajstić information content (AvgIpc) is 2.31. The average molecular weight is 368 g/mol. The van der Waals surface area contributed by atoms with Crippen LogP contribution in [0.1, 0.15) is 31.9 Å². The summed E-state index contributed by atoms with van der Waals surface area (Å²) in [5.74, 6) is -1.32. The normalized spacial score (nSPS) is 15.0. The van der Waals surface area contributed by atoms with E-state index in [4.69, 9.17) is 5.11 Å². The maximum atomic E-state index is 13.2. The molecule has 1 aromatic rings. The smallest absolute Gasteiger partial charge is 0.407 e. The van der Waals surface area contributed by atoms with Gasteiger partial charge in [-0.2, -0.15) is 13.2 Å². The van der Waals surface area contributed by atoms with Crippen LogP contribution in [-0.2, 0) is 4.79 Å². The summed E-state index contributed by atoms with van der Waals surface area (Å²) in [7, 11) is 0. The van der Waals surface area contributed by atoms with Gasteiger partial charge in [-0.1, -0.05) is 41.9 Å². The van der Waals surface area contributed by atoms with E-state index < -0.39 is 24.2 Å². The molecule has 0 amide bonds. The lowest BCUT2D eigenvalue weighted by atomic mass is 10.0. The number of hydrogen-bond donors (Lipinski definition) is 2. The van der Waals surface area contributed by atoms with E-state index in [9.17, 15) is 18.0 Å². The van der Waals surface area contributed by atoms with Gasteiger partial charge in [0, 0.05) is 4.47 Å². The Morgan fingerprint density at radius 2 is 2.00 bits per heavy atom. The van der Waals surface area contributed by atoms with Gasteiger partial charge in [0.25, 0.3) is 0 Å². The minimum absolute atomic E-state index is 0.0214. The number of alkyl halides is 3. The summed E-state index contributed by atoms with van der Waals surface area (Å²) < 4.78 is 40.2. The van der Waals surface area contributed by atoms with Crippen LogP contribution in [0.15, 0.2) is 28.7 Å². The summed E-state index contributed by atoms with van der Waals surface area (Å²) in [6.45, 7) is 3.53. The molecule has 1 rings (SSSR count). The third kappa shape index (κ3) is 5.67. The van der Waals surface area contributed by atoms with E-state index in [0.29, 0.717) is 4.47 Å². The van der Waals surface area contributed by atoms with Crippen molar-refractivity contribution in [1.82, 2.24) is 5.32 Å². The molecule has 0 fully saturated rings. The summed E-state index contributed by atoms with van der Waals surface area (Å²) in [6.07, 6.45) is -4.46. The van der Waals surface area contributed by atoms with Gasteiger partial charge < -0.3 is 5.11 Å². The number of rotatable bonds is 6. The molecule has 21 heavy (non-hydrogen) atoms. The number of nitrogens with one attached hydrogen (secondary N) is 1. The predicted molar refractivity (Wildman–Crippen MR) is 77.0 cm³/mol. The fraction of sp³-hybridized carbons (Fsp3) is 0.500. The Hall–Kier alpha value is -1.08. The zero-order valence-corrected chi connectivity index (χ0v) is 13.2. The summed E-state index contributed by atoms with van der Waals surface area (Å²) >= 11 is 3.12. The Bertz CT molecular complexity index is 491. The van der Waals surface area contributed by atoms with Gasteiger partial charge in [-0.3, -0.25) is 10.1 Å². The first-order chi connectivity index (χ1) is 9.61. The van der Waals surface area contributed by atoms with Gasteiger partial charge in [0.05, 0.1) is 0 Å². The van der Waals surface area contributed by atoms with E-state index in [1.54, 1.807) is 19.9 Å². The highest BCUT2D eigenvalue weighted by atomic mass is 79.9. The van der Waals surface area contributed by atoms with Gasteiger partial charge in [-0.05, 0) is 30.0 Å². The molecule has 0 aromatic heterocycles. The Morgan fingerprint density at radius 1 is 1.38 bits per heavy atom. The fourth-order valence-electron chi connectivity index (χ4n) is 1.98. The second-order valence-electron chi connectivity index (χ2n) is 5.22. The summed E-state index contributed by atoms with van der Waals surface area (Å²) in [6, 6.07) is 2.48. The van der Waals surface area contributed by atoms with Crippen molar-refractivity contribution in [3.63, 3.8) is 0 Å². The van der Waals surface area contributed by atoms with Gasteiger partial charge >= 0.3 is 12.1 Å². The molecule has 2 N–H and O–H groups in total. The molecule has 7 heteroatoms. The van der Waals surface area contributed by atoms with Gasteiger partial charge in [0.2, 0.25) is 0 Å². The Kier molecular flexibility index (Phi) is 6.22. The van der Waals surface area contributed by atoms with E-state index in [1.807, 2.05) is 0 Å². The van der Waals surface area contributed by atoms with Crippen LogP contribution in [-0.4, -0.2) is 23.3 Å². The highest BCUT2D eigenvalue weighted by molar-refractivity contribution is 9.10. The molecule has 0 bridgehead atoms. The Labute approximate surface area is 129 Å². The van der Waals surface area contributed by atoms with Crippen LogP contribution < -0.4 is 5.32 Å². The third-order valence-electron chi connectivity index (χ3n) is 2.88. The van der Waals surface area contributed by atoms with Crippen LogP contribution in [0.5, 0.6) is 0 Å². The van der Waals surface area contributed by atoms with E-state index in [-0.39, 0.29) is 17.9 Å². The van der Waals surface area contributed by atoms with Crippen molar-refractivity contribution in [3.8, 4) is 0 Å². The molecular formula is C14H17BrF3NO2. The van der Waals surface area contributed by atoms with Crippen LogP contribution in [0.3, 0.4) is 0 Å². The predicted octanol–water partition coefficient (Wildman–Crippen LogP) is 4.14. The summed E-state index contributed by atoms with van der Waals surface area (Å²) in [5.41, 5.74) is -0.0214. The largest absolute Gasteiger partial charge is 0.480 e. The Balaban J connectivity index is 3.06. The standard InChI is InChI=1S/C14H17BrF3NO2/c1-8(2)6-11(13(20)21)19-12(14(16,17)18)9-4-3-5-10(15)7-9/h3-5,7-8,11-12,19H,6H2,1-2H3,(H,20,21)/t11?,12-/m0/s1. The minimum atomic E-state index is -4.58. The highest BCUT2D eigenvalue weighted by Gasteiger charge is 2.42. The van der Waals surface area contributed by atoms with Crippen LogP contribution in [0, 0.1) is 5.92 Å². The van der Waals surface area contributed by atoms with E-state index in [2.05, 4.69) is 21.2 Å². The van der Waals surface area contributed by atoms with Crippen molar-refractivity contribution in [1.29, 1.82) is 0 Å². The summed E-state index contributed by atoms with van der Waals surface area (Å²) in [4.78, 5) is 11.2. The van der Waals surface area contributed by atoms with Crippen molar-refractivity contribution in [2.45, 2.75) is 38.5 Å². The molecule has 0 heterocycles. The molecule has 0 aliphatic carbocycles. The molecule has 0 spiro atoms. The molecular weight excluding hydrogens is 351 g/mol. The lowest BCUT2D eigenvalue weighted by Gasteiger charge is -2.26. The molecule has 0 aliphatic heterocycles. The van der Waals surface area contributed by atoms with Gasteiger partial charge in [-0.15, -0.1) is 0 Å². The zero-order chi connectivity index (χ0) is 16.2. The molecule has 118 valence electrons. The first kappa shape index (κ1) is 18.0. The van der Waals surface area contributed by atoms with Crippen LogP contribution in [0.2, 0.25) is 0 Å². The molecule has 0 aliphatic rings. The quantitative estimate of drug-likeness (QED) is 0.794. The van der Waals surface area contributed by atoms with Crippen molar-refractivity contribution >= 4 is 21.9 Å². The maximum absolute atomic E-state index is 13.2. The number of aliphatic carboxylic acids is 1. The molecule has 1 aromatic carbocycles.